The van der Waals surface area contributed by atoms with Crippen molar-refractivity contribution in [2.24, 2.45) is 10.8 Å². The van der Waals surface area contributed by atoms with Gasteiger partial charge in [0, 0.05) is 10.8 Å². The second-order valence-electron chi connectivity index (χ2n) is 13.1. The van der Waals surface area contributed by atoms with Crippen molar-refractivity contribution >= 4 is 0 Å². The fourth-order valence-electron chi connectivity index (χ4n) is 8.25. The monoisotopic (exact) mass is 594 g/mol. The van der Waals surface area contributed by atoms with Crippen LogP contribution >= 0.6 is 0 Å². The Hall–Kier alpha value is -4.94. The smallest absolute Gasteiger partial charge is 0.00990 e. The number of hydrogen-bond donors (Lipinski definition) is 0. The Morgan fingerprint density at radius 3 is 0.652 bits per heavy atom. The van der Waals surface area contributed by atoms with Crippen molar-refractivity contribution in [3.63, 3.8) is 0 Å². The van der Waals surface area contributed by atoms with Crippen molar-refractivity contribution in [1.82, 2.24) is 0 Å². The Kier molecular flexibility index (Phi) is 8.79. The minimum absolute atomic E-state index is 0.0959. The second-order valence-corrected chi connectivity index (χ2v) is 13.1. The minimum atomic E-state index is -0.0959. The van der Waals surface area contributed by atoms with Gasteiger partial charge in [-0.1, -0.05) is 193 Å². The first-order valence-electron chi connectivity index (χ1n) is 16.7. The second kappa shape index (κ2) is 13.6. The van der Waals surface area contributed by atoms with Crippen LogP contribution < -0.4 is 0 Å². The first-order chi connectivity index (χ1) is 22.7. The molecule has 0 heteroatoms. The standard InChI is InChI=1S/C46H42/c1-7-19-37(20-8-1)31-43-44(32-38-21-9-2-10-22-38)46(35-41-27-15-5-16-28-41,36-42-29-17-6-18-30-42)45(43,33-39-23-11-3-12-24-39)34-40-25-13-4-14-26-40/h1-30H,31-36H2. The van der Waals surface area contributed by atoms with E-state index in [1.54, 1.807) is 11.1 Å². The maximum absolute atomic E-state index is 2.35. The molecule has 0 bridgehead atoms. The van der Waals surface area contributed by atoms with Gasteiger partial charge in [0.05, 0.1) is 0 Å². The molecule has 1 aliphatic rings. The van der Waals surface area contributed by atoms with E-state index in [2.05, 4.69) is 182 Å². The van der Waals surface area contributed by atoms with Gasteiger partial charge in [0.15, 0.2) is 0 Å². The summed E-state index contributed by atoms with van der Waals surface area (Å²) in [6.45, 7) is 0. The van der Waals surface area contributed by atoms with Crippen molar-refractivity contribution in [1.29, 1.82) is 0 Å². The van der Waals surface area contributed by atoms with Crippen molar-refractivity contribution in [2.45, 2.75) is 38.5 Å². The SMILES string of the molecule is c1ccc(CC2=C(Cc3ccccc3)C(Cc3ccccc3)(Cc3ccccc3)C2(Cc2ccccc2)Cc2ccccc2)cc1. The van der Waals surface area contributed by atoms with E-state index in [9.17, 15) is 0 Å². The van der Waals surface area contributed by atoms with Crippen molar-refractivity contribution in [3.8, 4) is 0 Å². The Morgan fingerprint density at radius 1 is 0.239 bits per heavy atom. The zero-order chi connectivity index (χ0) is 31.1. The Labute approximate surface area is 275 Å². The van der Waals surface area contributed by atoms with Crippen molar-refractivity contribution < 1.29 is 0 Å². The van der Waals surface area contributed by atoms with E-state index in [-0.39, 0.29) is 10.8 Å². The Bertz CT molecular complexity index is 1610. The zero-order valence-electron chi connectivity index (χ0n) is 26.6. The van der Waals surface area contributed by atoms with Crippen LogP contribution in [0.4, 0.5) is 0 Å². The molecule has 0 aromatic heterocycles. The van der Waals surface area contributed by atoms with Crippen molar-refractivity contribution in [3.05, 3.63) is 227 Å². The molecule has 6 aromatic carbocycles. The van der Waals surface area contributed by atoms with Gasteiger partial charge >= 0.3 is 0 Å². The predicted molar refractivity (Wildman–Crippen MR) is 193 cm³/mol. The first-order valence-corrected chi connectivity index (χ1v) is 16.7. The van der Waals surface area contributed by atoms with Gasteiger partial charge in [0.1, 0.15) is 0 Å². The summed E-state index contributed by atoms with van der Waals surface area (Å²) >= 11 is 0. The third-order valence-corrected chi connectivity index (χ3v) is 10.3. The van der Waals surface area contributed by atoms with Crippen LogP contribution in [0, 0.1) is 10.8 Å². The molecule has 0 spiro atoms. The summed E-state index contributed by atoms with van der Waals surface area (Å²) in [7, 11) is 0. The summed E-state index contributed by atoms with van der Waals surface area (Å²) in [5.41, 5.74) is 11.5. The number of benzene rings is 6. The third-order valence-electron chi connectivity index (χ3n) is 10.3. The summed E-state index contributed by atoms with van der Waals surface area (Å²) in [5, 5.41) is 0. The lowest BCUT2D eigenvalue weighted by Gasteiger charge is -2.64. The van der Waals surface area contributed by atoms with Crippen LogP contribution in [0.15, 0.2) is 193 Å². The molecule has 0 heterocycles. The van der Waals surface area contributed by atoms with Gasteiger partial charge in [-0.15, -0.1) is 0 Å². The van der Waals surface area contributed by atoms with Crippen LogP contribution in [0.1, 0.15) is 33.4 Å². The molecule has 0 nitrogen and oxygen atoms in total. The fourth-order valence-corrected chi connectivity index (χ4v) is 8.25. The van der Waals surface area contributed by atoms with Gasteiger partial charge in [-0.3, -0.25) is 0 Å². The van der Waals surface area contributed by atoms with Crippen LogP contribution in [0.3, 0.4) is 0 Å². The highest BCUT2D eigenvalue weighted by atomic mass is 14.6. The summed E-state index contributed by atoms with van der Waals surface area (Å²) in [4.78, 5) is 0. The highest BCUT2D eigenvalue weighted by molar-refractivity contribution is 5.54. The van der Waals surface area contributed by atoms with Gasteiger partial charge in [0.2, 0.25) is 0 Å². The van der Waals surface area contributed by atoms with E-state index >= 15 is 0 Å². The molecule has 0 radical (unpaired) electrons. The Balaban J connectivity index is 1.52. The average molecular weight is 595 g/mol. The van der Waals surface area contributed by atoms with Crippen LogP contribution in [-0.2, 0) is 38.5 Å². The van der Waals surface area contributed by atoms with Gasteiger partial charge in [-0.25, -0.2) is 0 Å². The van der Waals surface area contributed by atoms with E-state index < -0.39 is 0 Å². The highest BCUT2D eigenvalue weighted by Crippen LogP contribution is 2.67. The van der Waals surface area contributed by atoms with Gasteiger partial charge in [-0.2, -0.15) is 0 Å². The molecule has 0 atom stereocenters. The molecule has 226 valence electrons. The predicted octanol–water partition coefficient (Wildman–Crippen LogP) is 10.7. The fraction of sp³-hybridized carbons (Fsp3) is 0.174. The maximum atomic E-state index is 2.35. The number of allylic oxidation sites excluding steroid dienone is 2. The van der Waals surface area contributed by atoms with Gasteiger partial charge in [0.25, 0.3) is 0 Å². The summed E-state index contributed by atoms with van der Waals surface area (Å²) in [6, 6.07) is 67.4. The Morgan fingerprint density at radius 2 is 0.435 bits per heavy atom. The maximum Gasteiger partial charge on any atom is 0.00990 e. The zero-order valence-corrected chi connectivity index (χ0v) is 26.6. The first kappa shape index (κ1) is 29.8. The molecule has 0 aliphatic heterocycles. The topological polar surface area (TPSA) is 0 Å². The van der Waals surface area contributed by atoms with Gasteiger partial charge < -0.3 is 0 Å². The van der Waals surface area contributed by atoms with Gasteiger partial charge in [-0.05, 0) is 71.9 Å². The molecular weight excluding hydrogens is 553 g/mol. The molecule has 6 aromatic rings. The minimum Gasteiger partial charge on any atom is -0.0622 e. The third kappa shape index (κ3) is 6.13. The largest absolute Gasteiger partial charge is 0.0622 e. The highest BCUT2D eigenvalue weighted by Gasteiger charge is 2.62. The normalized spacial score (nSPS) is 14.9. The lowest BCUT2D eigenvalue weighted by atomic mass is 9.39. The molecule has 46 heavy (non-hydrogen) atoms. The summed E-state index contributed by atoms with van der Waals surface area (Å²) < 4.78 is 0. The molecule has 0 amide bonds. The molecule has 0 N–H and O–H groups in total. The van der Waals surface area contributed by atoms with E-state index in [4.69, 9.17) is 0 Å². The molecule has 0 saturated carbocycles. The van der Waals surface area contributed by atoms with E-state index in [0.29, 0.717) is 0 Å². The van der Waals surface area contributed by atoms with Crippen molar-refractivity contribution in [2.75, 3.05) is 0 Å². The lowest BCUT2D eigenvalue weighted by molar-refractivity contribution is 0.0491. The average Bonchev–Trinajstić information content (AvgIpc) is 3.12. The lowest BCUT2D eigenvalue weighted by Crippen LogP contribution is -2.59. The summed E-state index contributed by atoms with van der Waals surface area (Å²) in [5.74, 6) is 0. The van der Waals surface area contributed by atoms with E-state index in [1.165, 1.54) is 33.4 Å². The van der Waals surface area contributed by atoms with Crippen LogP contribution in [0.25, 0.3) is 0 Å². The quantitative estimate of drug-likeness (QED) is 0.124. The molecule has 0 saturated heterocycles. The number of rotatable bonds is 12. The van der Waals surface area contributed by atoms with Crippen LogP contribution in [0.2, 0.25) is 0 Å². The molecule has 7 rings (SSSR count). The molecule has 1 aliphatic carbocycles. The molecule has 0 unspecified atom stereocenters. The van der Waals surface area contributed by atoms with Crippen LogP contribution in [-0.4, -0.2) is 0 Å². The number of hydrogen-bond acceptors (Lipinski definition) is 0. The summed E-state index contributed by atoms with van der Waals surface area (Å²) in [6.07, 6.45) is 5.94. The van der Waals surface area contributed by atoms with E-state index in [1.807, 2.05) is 0 Å². The molecular formula is C46H42. The van der Waals surface area contributed by atoms with Crippen LogP contribution in [0.5, 0.6) is 0 Å². The van der Waals surface area contributed by atoms with E-state index in [0.717, 1.165) is 38.5 Å². The molecule has 0 fully saturated rings.